The summed E-state index contributed by atoms with van der Waals surface area (Å²) in [5, 5.41) is 8.77. The van der Waals surface area contributed by atoms with Gasteiger partial charge in [-0.2, -0.15) is 0 Å². The summed E-state index contributed by atoms with van der Waals surface area (Å²) in [6, 6.07) is 7.52. The van der Waals surface area contributed by atoms with Gasteiger partial charge in [-0.25, -0.2) is 8.78 Å². The molecule has 0 bridgehead atoms. The Morgan fingerprint density at radius 3 is 2.44 bits per heavy atom. The molecular formula is C12H16F2N2O2. The first-order valence-electron chi connectivity index (χ1n) is 5.54. The van der Waals surface area contributed by atoms with Crippen molar-refractivity contribution in [3.63, 3.8) is 0 Å². The highest BCUT2D eigenvalue weighted by Crippen LogP contribution is 2.13. The van der Waals surface area contributed by atoms with Crippen LogP contribution in [0.5, 0.6) is 0 Å². The third-order valence-corrected chi connectivity index (χ3v) is 2.46. The zero-order chi connectivity index (χ0) is 13.5. The van der Waals surface area contributed by atoms with Crippen molar-refractivity contribution < 1.29 is 18.7 Å². The predicted octanol–water partition coefficient (Wildman–Crippen LogP) is 0.772. The Balaban J connectivity index is 2.76. The number of hydrogen-bond donors (Lipinski definition) is 2. The largest absolute Gasteiger partial charge is 0.395 e. The van der Waals surface area contributed by atoms with Gasteiger partial charge in [0.2, 0.25) is 5.91 Å². The number of nitrogens with zero attached hydrogens (tertiary/aromatic N) is 1. The van der Waals surface area contributed by atoms with Crippen LogP contribution in [0, 0.1) is 0 Å². The third kappa shape index (κ3) is 4.05. The van der Waals surface area contributed by atoms with Gasteiger partial charge in [0, 0.05) is 6.54 Å². The van der Waals surface area contributed by atoms with Crippen LogP contribution in [-0.4, -0.2) is 42.0 Å². The standard InChI is InChI=1S/C12H16F2N2O2/c13-10(14)8-16(6-7-17)12(18)11(15)9-4-2-1-3-5-9/h1-5,10-11,17H,6-8,15H2/t11-/m1/s1. The zero-order valence-corrected chi connectivity index (χ0v) is 9.80. The molecule has 1 rings (SSSR count). The quantitative estimate of drug-likeness (QED) is 0.792. The fourth-order valence-corrected chi connectivity index (χ4v) is 1.58. The number of benzene rings is 1. The summed E-state index contributed by atoms with van der Waals surface area (Å²) in [7, 11) is 0. The van der Waals surface area contributed by atoms with Gasteiger partial charge in [-0.3, -0.25) is 4.79 Å². The average molecular weight is 258 g/mol. The molecule has 0 radical (unpaired) electrons. The molecule has 1 aromatic carbocycles. The predicted molar refractivity (Wildman–Crippen MR) is 63.0 cm³/mol. The number of aliphatic hydroxyl groups is 1. The summed E-state index contributed by atoms with van der Waals surface area (Å²) in [5.41, 5.74) is 6.28. The molecule has 1 aromatic rings. The Labute approximate surface area is 104 Å². The zero-order valence-electron chi connectivity index (χ0n) is 9.80. The number of carbonyl (C=O) groups is 1. The first kappa shape index (κ1) is 14.5. The molecule has 0 aliphatic heterocycles. The first-order valence-corrected chi connectivity index (χ1v) is 5.54. The number of carbonyl (C=O) groups excluding carboxylic acids is 1. The van der Waals surface area contributed by atoms with Crippen molar-refractivity contribution in [2.24, 2.45) is 5.73 Å². The molecule has 1 atom stereocenters. The van der Waals surface area contributed by atoms with Crippen LogP contribution in [0.2, 0.25) is 0 Å². The number of halogens is 2. The van der Waals surface area contributed by atoms with E-state index in [2.05, 4.69) is 0 Å². The fourth-order valence-electron chi connectivity index (χ4n) is 1.58. The molecular weight excluding hydrogens is 242 g/mol. The smallest absolute Gasteiger partial charge is 0.255 e. The van der Waals surface area contributed by atoms with E-state index >= 15 is 0 Å². The number of aliphatic hydroxyl groups excluding tert-OH is 1. The summed E-state index contributed by atoms with van der Waals surface area (Å²) in [6.45, 7) is -1.25. The SMILES string of the molecule is N[C@@H](C(=O)N(CCO)CC(F)F)c1ccccc1. The van der Waals surface area contributed by atoms with E-state index in [0.717, 1.165) is 4.90 Å². The van der Waals surface area contributed by atoms with E-state index in [9.17, 15) is 13.6 Å². The maximum Gasteiger partial charge on any atom is 0.255 e. The van der Waals surface area contributed by atoms with Crippen LogP contribution in [-0.2, 0) is 4.79 Å². The van der Waals surface area contributed by atoms with Gasteiger partial charge in [0.1, 0.15) is 6.04 Å². The van der Waals surface area contributed by atoms with E-state index in [0.29, 0.717) is 5.56 Å². The van der Waals surface area contributed by atoms with Gasteiger partial charge in [0.25, 0.3) is 6.43 Å². The van der Waals surface area contributed by atoms with Gasteiger partial charge in [0.05, 0.1) is 13.2 Å². The lowest BCUT2D eigenvalue weighted by Gasteiger charge is -2.24. The molecule has 6 heteroatoms. The molecule has 0 saturated carbocycles. The van der Waals surface area contributed by atoms with Crippen molar-refractivity contribution in [1.82, 2.24) is 4.90 Å². The molecule has 1 amide bonds. The van der Waals surface area contributed by atoms with E-state index in [1.807, 2.05) is 0 Å². The first-order chi connectivity index (χ1) is 8.56. The van der Waals surface area contributed by atoms with Crippen molar-refractivity contribution in [2.75, 3.05) is 19.7 Å². The monoisotopic (exact) mass is 258 g/mol. The molecule has 4 nitrogen and oxygen atoms in total. The lowest BCUT2D eigenvalue weighted by Crippen LogP contribution is -2.42. The molecule has 0 unspecified atom stereocenters. The minimum absolute atomic E-state index is 0.149. The summed E-state index contributed by atoms with van der Waals surface area (Å²) < 4.78 is 24.6. The Bertz CT molecular complexity index is 374. The maximum atomic E-state index is 12.3. The molecule has 0 aliphatic carbocycles. The van der Waals surface area contributed by atoms with Crippen LogP contribution in [0.3, 0.4) is 0 Å². The number of hydrogen-bond acceptors (Lipinski definition) is 3. The lowest BCUT2D eigenvalue weighted by molar-refractivity contribution is -0.135. The fraction of sp³-hybridized carbons (Fsp3) is 0.417. The highest BCUT2D eigenvalue weighted by Gasteiger charge is 2.24. The Morgan fingerprint density at radius 2 is 1.94 bits per heavy atom. The van der Waals surface area contributed by atoms with Crippen LogP contribution in [0.15, 0.2) is 30.3 Å². The van der Waals surface area contributed by atoms with Crippen molar-refractivity contribution in [2.45, 2.75) is 12.5 Å². The average Bonchev–Trinajstić information content (AvgIpc) is 2.37. The van der Waals surface area contributed by atoms with Gasteiger partial charge < -0.3 is 15.7 Å². The van der Waals surface area contributed by atoms with Crippen LogP contribution < -0.4 is 5.73 Å². The molecule has 100 valence electrons. The van der Waals surface area contributed by atoms with Gasteiger partial charge >= 0.3 is 0 Å². The van der Waals surface area contributed by atoms with Crippen molar-refractivity contribution in [3.8, 4) is 0 Å². The minimum Gasteiger partial charge on any atom is -0.395 e. The van der Waals surface area contributed by atoms with Gasteiger partial charge in [-0.1, -0.05) is 30.3 Å². The number of nitrogens with two attached hydrogens (primary N) is 1. The minimum atomic E-state index is -2.65. The lowest BCUT2D eigenvalue weighted by atomic mass is 10.1. The van der Waals surface area contributed by atoms with E-state index < -0.39 is 24.9 Å². The van der Waals surface area contributed by atoms with Crippen molar-refractivity contribution >= 4 is 5.91 Å². The molecule has 3 N–H and O–H groups in total. The number of rotatable bonds is 6. The van der Waals surface area contributed by atoms with E-state index in [4.69, 9.17) is 10.8 Å². The van der Waals surface area contributed by atoms with Crippen LogP contribution in [0.1, 0.15) is 11.6 Å². The third-order valence-electron chi connectivity index (χ3n) is 2.46. The second-order valence-corrected chi connectivity index (χ2v) is 3.79. The Morgan fingerprint density at radius 1 is 1.33 bits per heavy atom. The molecule has 18 heavy (non-hydrogen) atoms. The van der Waals surface area contributed by atoms with E-state index in [-0.39, 0.29) is 13.2 Å². The molecule has 0 heterocycles. The highest BCUT2D eigenvalue weighted by atomic mass is 19.3. The topological polar surface area (TPSA) is 66.6 Å². The van der Waals surface area contributed by atoms with Gasteiger partial charge in [-0.05, 0) is 5.56 Å². The van der Waals surface area contributed by atoms with Crippen molar-refractivity contribution in [1.29, 1.82) is 0 Å². The van der Waals surface area contributed by atoms with Gasteiger partial charge in [-0.15, -0.1) is 0 Å². The summed E-state index contributed by atoms with van der Waals surface area (Å²) in [6.07, 6.45) is -2.65. The molecule has 0 fully saturated rings. The summed E-state index contributed by atoms with van der Waals surface area (Å²) >= 11 is 0. The maximum absolute atomic E-state index is 12.3. The van der Waals surface area contributed by atoms with Crippen LogP contribution in [0.25, 0.3) is 0 Å². The van der Waals surface area contributed by atoms with Crippen LogP contribution >= 0.6 is 0 Å². The Kier molecular flexibility index (Phi) is 5.67. The summed E-state index contributed by atoms with van der Waals surface area (Å²) in [5.74, 6) is -0.615. The molecule has 0 saturated heterocycles. The second-order valence-electron chi connectivity index (χ2n) is 3.79. The Hall–Kier alpha value is -1.53. The molecule has 0 aliphatic rings. The normalized spacial score (nSPS) is 12.5. The second kappa shape index (κ2) is 7.03. The number of amides is 1. The van der Waals surface area contributed by atoms with E-state index in [1.54, 1.807) is 30.3 Å². The molecule has 0 aromatic heterocycles. The number of alkyl halides is 2. The summed E-state index contributed by atoms with van der Waals surface area (Å²) in [4.78, 5) is 12.8. The highest BCUT2D eigenvalue weighted by molar-refractivity contribution is 5.83. The van der Waals surface area contributed by atoms with Crippen LogP contribution in [0.4, 0.5) is 8.78 Å². The van der Waals surface area contributed by atoms with Gasteiger partial charge in [0.15, 0.2) is 0 Å². The van der Waals surface area contributed by atoms with Crippen molar-refractivity contribution in [3.05, 3.63) is 35.9 Å². The molecule has 0 spiro atoms. The van der Waals surface area contributed by atoms with E-state index in [1.165, 1.54) is 0 Å².